The quantitative estimate of drug-likeness (QED) is 0.631. The van der Waals surface area contributed by atoms with Gasteiger partial charge in [-0.25, -0.2) is 0 Å². The predicted octanol–water partition coefficient (Wildman–Crippen LogP) is 3.28. The van der Waals surface area contributed by atoms with E-state index in [9.17, 15) is 14.4 Å². The zero-order chi connectivity index (χ0) is 23.4. The van der Waals surface area contributed by atoms with E-state index in [1.54, 1.807) is 6.08 Å². The molecule has 3 rings (SSSR count). The molecule has 8 heteroatoms. The van der Waals surface area contributed by atoms with Gasteiger partial charge in [0.1, 0.15) is 0 Å². The van der Waals surface area contributed by atoms with Gasteiger partial charge in [-0.3, -0.25) is 24.2 Å². The monoisotopic (exact) mass is 459 g/mol. The highest BCUT2D eigenvalue weighted by atomic mass is 32.2. The third-order valence-corrected chi connectivity index (χ3v) is 6.53. The zero-order valence-corrected chi connectivity index (χ0v) is 20.3. The topological polar surface area (TPSA) is 79.0 Å². The summed E-state index contributed by atoms with van der Waals surface area (Å²) in [5, 5.41) is 2.63. The molecule has 0 saturated carbocycles. The third-order valence-electron chi connectivity index (χ3n) is 5.62. The second-order valence-corrected chi connectivity index (χ2v) is 9.93. The molecule has 2 saturated heterocycles. The minimum Gasteiger partial charge on any atom is -0.373 e. The molecule has 0 aromatic heterocycles. The molecule has 2 aliphatic heterocycles. The molecule has 3 atom stereocenters. The Morgan fingerprint density at radius 3 is 2.41 bits per heavy atom. The summed E-state index contributed by atoms with van der Waals surface area (Å²) in [4.78, 5) is 41.8. The maximum absolute atomic E-state index is 13.0. The summed E-state index contributed by atoms with van der Waals surface area (Å²) in [6.45, 7) is 11.9. The fraction of sp³-hybridized carbons (Fsp3) is 0.542. The van der Waals surface area contributed by atoms with Crippen molar-refractivity contribution in [1.29, 1.82) is 0 Å². The largest absolute Gasteiger partial charge is 0.373 e. The van der Waals surface area contributed by atoms with E-state index in [0.717, 1.165) is 22.9 Å². The van der Waals surface area contributed by atoms with Gasteiger partial charge in [-0.05, 0) is 50.1 Å². The summed E-state index contributed by atoms with van der Waals surface area (Å²) in [6.07, 6.45) is 1.88. The van der Waals surface area contributed by atoms with E-state index in [2.05, 4.69) is 10.2 Å². The molecule has 2 aliphatic rings. The van der Waals surface area contributed by atoms with Gasteiger partial charge in [0, 0.05) is 26.2 Å². The van der Waals surface area contributed by atoms with Gasteiger partial charge in [-0.1, -0.05) is 43.7 Å². The molecule has 2 fully saturated rings. The Labute approximate surface area is 194 Å². The van der Waals surface area contributed by atoms with Crippen LogP contribution >= 0.6 is 11.8 Å². The van der Waals surface area contributed by atoms with Gasteiger partial charge in [-0.15, -0.1) is 0 Å². The van der Waals surface area contributed by atoms with Crippen molar-refractivity contribution in [3.8, 4) is 0 Å². The lowest BCUT2D eigenvalue weighted by atomic mass is 9.99. The first-order chi connectivity index (χ1) is 15.2. The normalized spacial score (nSPS) is 24.4. The number of nitrogens with one attached hydrogen (secondary N) is 1. The van der Waals surface area contributed by atoms with E-state index >= 15 is 0 Å². The van der Waals surface area contributed by atoms with Crippen LogP contribution < -0.4 is 5.32 Å². The Morgan fingerprint density at radius 2 is 1.81 bits per heavy atom. The Hall–Kier alpha value is -2.16. The number of amides is 3. The molecule has 2 heterocycles. The number of carbonyl (C=O) groups is 3. The molecular weight excluding hydrogens is 426 g/mol. The van der Waals surface area contributed by atoms with Crippen LogP contribution in [0.5, 0.6) is 0 Å². The highest BCUT2D eigenvalue weighted by molar-refractivity contribution is 8.18. The molecule has 7 nitrogen and oxygen atoms in total. The van der Waals surface area contributed by atoms with Gasteiger partial charge in [0.15, 0.2) is 0 Å². The van der Waals surface area contributed by atoms with Crippen molar-refractivity contribution in [2.45, 2.75) is 52.9 Å². The minimum atomic E-state index is -0.314. The SMILES string of the molecule is Cc1ccc(/C=C2/SC(=O)N(CCNC(=O)C(C(C)C)N3CC(C)OC(C)C3)C2=O)cc1. The first-order valence-electron chi connectivity index (χ1n) is 11.1. The van der Waals surface area contributed by atoms with Crippen LogP contribution in [0.25, 0.3) is 6.08 Å². The molecule has 0 radical (unpaired) electrons. The maximum atomic E-state index is 13.0. The average molecular weight is 460 g/mol. The molecule has 1 N–H and O–H groups in total. The van der Waals surface area contributed by atoms with Crippen LogP contribution in [0.3, 0.4) is 0 Å². The second-order valence-electron chi connectivity index (χ2n) is 8.94. The Kier molecular flexibility index (Phi) is 8.14. The molecule has 0 spiro atoms. The van der Waals surface area contributed by atoms with Gasteiger partial charge in [-0.2, -0.15) is 0 Å². The van der Waals surface area contributed by atoms with Gasteiger partial charge < -0.3 is 10.1 Å². The number of hydrogen-bond donors (Lipinski definition) is 1. The molecule has 3 unspecified atom stereocenters. The van der Waals surface area contributed by atoms with Crippen molar-refractivity contribution in [1.82, 2.24) is 15.1 Å². The maximum Gasteiger partial charge on any atom is 0.293 e. The Morgan fingerprint density at radius 1 is 1.19 bits per heavy atom. The summed E-state index contributed by atoms with van der Waals surface area (Å²) in [5.41, 5.74) is 2.01. The van der Waals surface area contributed by atoms with Crippen molar-refractivity contribution < 1.29 is 19.1 Å². The Bertz CT molecular complexity index is 874. The van der Waals surface area contributed by atoms with Gasteiger partial charge >= 0.3 is 0 Å². The molecule has 0 aliphatic carbocycles. The highest BCUT2D eigenvalue weighted by Gasteiger charge is 2.36. The third kappa shape index (κ3) is 5.99. The average Bonchev–Trinajstić information content (AvgIpc) is 2.96. The number of ether oxygens (including phenoxy) is 1. The number of aryl methyl sites for hydroxylation is 1. The number of imide groups is 1. The standard InChI is InChI=1S/C24H33N3O4S/c1-15(2)21(26-13-17(4)31-18(5)14-26)22(28)25-10-11-27-23(29)20(32-24(27)30)12-19-8-6-16(3)7-9-19/h6-9,12,15,17-18,21H,10-11,13-14H2,1-5H3,(H,25,28)/b20-12+. The van der Waals surface area contributed by atoms with Crippen LogP contribution in [0.2, 0.25) is 0 Å². The van der Waals surface area contributed by atoms with Crippen LogP contribution in [0.4, 0.5) is 4.79 Å². The zero-order valence-electron chi connectivity index (χ0n) is 19.5. The fourth-order valence-electron chi connectivity index (χ4n) is 4.24. The molecule has 0 bridgehead atoms. The Balaban J connectivity index is 1.57. The number of morpholine rings is 1. The van der Waals surface area contributed by atoms with Crippen molar-refractivity contribution in [3.05, 3.63) is 40.3 Å². The second kappa shape index (κ2) is 10.6. The van der Waals surface area contributed by atoms with E-state index in [1.165, 1.54) is 4.90 Å². The van der Waals surface area contributed by atoms with Gasteiger partial charge in [0.25, 0.3) is 11.1 Å². The van der Waals surface area contributed by atoms with E-state index in [1.807, 2.05) is 58.9 Å². The molecule has 32 heavy (non-hydrogen) atoms. The number of benzene rings is 1. The van der Waals surface area contributed by atoms with Gasteiger partial charge in [0.2, 0.25) is 5.91 Å². The lowest BCUT2D eigenvalue weighted by molar-refractivity contribution is -0.135. The van der Waals surface area contributed by atoms with E-state index < -0.39 is 0 Å². The first-order valence-corrected chi connectivity index (χ1v) is 12.0. The highest BCUT2D eigenvalue weighted by Crippen LogP contribution is 2.32. The summed E-state index contributed by atoms with van der Waals surface area (Å²) < 4.78 is 5.79. The number of rotatable bonds is 7. The summed E-state index contributed by atoms with van der Waals surface area (Å²) in [6, 6.07) is 7.49. The number of thioether (sulfide) groups is 1. The molecule has 1 aromatic rings. The predicted molar refractivity (Wildman–Crippen MR) is 127 cm³/mol. The minimum absolute atomic E-state index is 0.0726. The molecule has 3 amide bonds. The smallest absolute Gasteiger partial charge is 0.293 e. The van der Waals surface area contributed by atoms with Crippen LogP contribution in [0, 0.1) is 12.8 Å². The number of carbonyl (C=O) groups excluding carboxylic acids is 3. The summed E-state index contributed by atoms with van der Waals surface area (Å²) in [7, 11) is 0. The molecule has 1 aromatic carbocycles. The number of nitrogens with zero attached hydrogens (tertiary/aromatic N) is 2. The fourth-order valence-corrected chi connectivity index (χ4v) is 5.10. The van der Waals surface area contributed by atoms with E-state index in [4.69, 9.17) is 4.74 Å². The van der Waals surface area contributed by atoms with Crippen molar-refractivity contribution in [3.63, 3.8) is 0 Å². The van der Waals surface area contributed by atoms with Crippen molar-refractivity contribution >= 4 is 34.9 Å². The van der Waals surface area contributed by atoms with Crippen molar-refractivity contribution in [2.75, 3.05) is 26.2 Å². The lowest BCUT2D eigenvalue weighted by Gasteiger charge is -2.41. The van der Waals surface area contributed by atoms with Crippen LogP contribution in [-0.4, -0.2) is 71.3 Å². The first kappa shape index (κ1) is 24.5. The van der Waals surface area contributed by atoms with E-state index in [-0.39, 0.29) is 54.3 Å². The molecular formula is C24H33N3O4S. The van der Waals surface area contributed by atoms with E-state index in [0.29, 0.717) is 18.0 Å². The summed E-state index contributed by atoms with van der Waals surface area (Å²) in [5.74, 6) is -0.267. The van der Waals surface area contributed by atoms with Gasteiger partial charge in [0.05, 0.1) is 23.2 Å². The lowest BCUT2D eigenvalue weighted by Crippen LogP contribution is -2.57. The van der Waals surface area contributed by atoms with Crippen LogP contribution in [-0.2, 0) is 14.3 Å². The number of hydrogen-bond acceptors (Lipinski definition) is 6. The van der Waals surface area contributed by atoms with Crippen molar-refractivity contribution in [2.24, 2.45) is 5.92 Å². The summed E-state index contributed by atoms with van der Waals surface area (Å²) >= 11 is 0.938. The van der Waals surface area contributed by atoms with Crippen LogP contribution in [0.15, 0.2) is 29.2 Å². The molecule has 174 valence electrons. The van der Waals surface area contributed by atoms with Crippen LogP contribution in [0.1, 0.15) is 38.8 Å².